The maximum atomic E-state index is 12.3. The molecule has 2 fully saturated rings. The zero-order valence-electron chi connectivity index (χ0n) is 15.0. The first kappa shape index (κ1) is 18.4. The van der Waals surface area contributed by atoms with E-state index in [9.17, 15) is 9.59 Å². The molecule has 2 aliphatic heterocycles. The highest BCUT2D eigenvalue weighted by atomic mass is 16.7. The van der Waals surface area contributed by atoms with E-state index in [2.05, 4.69) is 5.32 Å². The largest absolute Gasteiger partial charge is 0.496 e. The van der Waals surface area contributed by atoms with E-state index >= 15 is 0 Å². The van der Waals surface area contributed by atoms with Crippen LogP contribution >= 0.6 is 0 Å². The van der Waals surface area contributed by atoms with Gasteiger partial charge in [-0.3, -0.25) is 19.3 Å². The maximum absolute atomic E-state index is 12.3. The molecular formula is C19H25N3O4. The molecule has 2 saturated heterocycles. The summed E-state index contributed by atoms with van der Waals surface area (Å²) in [5.74, 6) is 0.566. The molecule has 2 amide bonds. The number of amides is 2. The van der Waals surface area contributed by atoms with Gasteiger partial charge in [0.1, 0.15) is 5.75 Å². The Bertz CT molecular complexity index is 671. The van der Waals surface area contributed by atoms with E-state index in [-0.39, 0.29) is 18.2 Å². The molecule has 7 heteroatoms. The summed E-state index contributed by atoms with van der Waals surface area (Å²) in [4.78, 5) is 31.9. The van der Waals surface area contributed by atoms with Crippen molar-refractivity contribution in [2.24, 2.45) is 0 Å². The summed E-state index contributed by atoms with van der Waals surface area (Å²) in [6.45, 7) is 3.05. The van der Waals surface area contributed by atoms with Gasteiger partial charge in [0.2, 0.25) is 11.8 Å². The molecule has 2 aliphatic rings. The van der Waals surface area contributed by atoms with Crippen LogP contribution in [0.3, 0.4) is 0 Å². The summed E-state index contributed by atoms with van der Waals surface area (Å²) in [5.41, 5.74) is 0.981. The second-order valence-electron chi connectivity index (χ2n) is 6.33. The van der Waals surface area contributed by atoms with Crippen LogP contribution in [0, 0.1) is 0 Å². The summed E-state index contributed by atoms with van der Waals surface area (Å²) in [6, 6.07) is 7.29. The van der Waals surface area contributed by atoms with Gasteiger partial charge in [0.25, 0.3) is 0 Å². The molecule has 1 aromatic carbocycles. The van der Waals surface area contributed by atoms with Crippen LogP contribution < -0.4 is 10.1 Å². The third-order valence-corrected chi connectivity index (χ3v) is 4.62. The van der Waals surface area contributed by atoms with Gasteiger partial charge in [0, 0.05) is 25.2 Å². The fraction of sp³-hybridized carbons (Fsp3) is 0.474. The molecule has 0 bridgehead atoms. The number of carbonyl (C=O) groups is 2. The molecule has 140 valence electrons. The second kappa shape index (κ2) is 8.82. The minimum Gasteiger partial charge on any atom is -0.496 e. The molecule has 3 rings (SSSR count). The first-order chi connectivity index (χ1) is 12.7. The van der Waals surface area contributed by atoms with Crippen LogP contribution in [0.15, 0.2) is 30.3 Å². The number of para-hydroxylation sites is 1. The number of benzene rings is 1. The van der Waals surface area contributed by atoms with E-state index in [4.69, 9.17) is 9.57 Å². The maximum Gasteiger partial charge on any atom is 0.248 e. The Morgan fingerprint density at radius 2 is 2.23 bits per heavy atom. The predicted octanol–water partition coefficient (Wildman–Crippen LogP) is 1.06. The average Bonchev–Trinajstić information content (AvgIpc) is 3.19. The Balaban J connectivity index is 1.63. The minimum absolute atomic E-state index is 0.102. The zero-order valence-corrected chi connectivity index (χ0v) is 15.0. The molecule has 26 heavy (non-hydrogen) atoms. The average molecular weight is 359 g/mol. The molecule has 0 spiro atoms. The highest BCUT2D eigenvalue weighted by molar-refractivity contribution is 5.88. The third kappa shape index (κ3) is 4.42. The van der Waals surface area contributed by atoms with Crippen molar-refractivity contribution >= 4 is 17.9 Å². The summed E-state index contributed by atoms with van der Waals surface area (Å²) in [6.07, 6.45) is 4.95. The van der Waals surface area contributed by atoms with Gasteiger partial charge in [0.15, 0.2) is 0 Å². The molecule has 0 aliphatic carbocycles. The van der Waals surface area contributed by atoms with E-state index in [1.165, 1.54) is 5.06 Å². The number of ether oxygens (including phenoxy) is 1. The quantitative estimate of drug-likeness (QED) is 0.823. The lowest BCUT2D eigenvalue weighted by Crippen LogP contribution is -2.56. The number of carbonyl (C=O) groups excluding carboxylic acids is 2. The fourth-order valence-corrected chi connectivity index (χ4v) is 3.23. The topological polar surface area (TPSA) is 71.1 Å². The van der Waals surface area contributed by atoms with Crippen molar-refractivity contribution in [3.63, 3.8) is 0 Å². The van der Waals surface area contributed by atoms with Gasteiger partial charge in [-0.15, -0.1) is 0 Å². The summed E-state index contributed by atoms with van der Waals surface area (Å²) >= 11 is 0. The first-order valence-corrected chi connectivity index (χ1v) is 8.93. The van der Waals surface area contributed by atoms with Gasteiger partial charge < -0.3 is 10.1 Å². The van der Waals surface area contributed by atoms with E-state index in [1.54, 1.807) is 7.11 Å². The van der Waals surface area contributed by atoms with E-state index in [1.807, 2.05) is 41.3 Å². The van der Waals surface area contributed by atoms with Crippen molar-refractivity contribution < 1.29 is 19.2 Å². The minimum atomic E-state index is -0.470. The molecule has 1 aromatic rings. The summed E-state index contributed by atoms with van der Waals surface area (Å²) in [5, 5.41) is 4.23. The molecule has 1 atom stereocenters. The monoisotopic (exact) mass is 359 g/mol. The number of methoxy groups -OCH3 is 1. The fourth-order valence-electron chi connectivity index (χ4n) is 3.23. The summed E-state index contributed by atoms with van der Waals surface area (Å²) in [7, 11) is 1.64. The lowest BCUT2D eigenvalue weighted by Gasteiger charge is -2.34. The van der Waals surface area contributed by atoms with Crippen molar-refractivity contribution in [2.45, 2.75) is 18.9 Å². The Morgan fingerprint density at radius 1 is 1.38 bits per heavy atom. The Labute approximate surface area is 153 Å². The highest BCUT2D eigenvalue weighted by Gasteiger charge is 2.33. The Morgan fingerprint density at radius 3 is 3.00 bits per heavy atom. The third-order valence-electron chi connectivity index (χ3n) is 4.62. The Hall–Kier alpha value is -2.38. The van der Waals surface area contributed by atoms with Gasteiger partial charge in [-0.1, -0.05) is 30.4 Å². The number of nitrogens with one attached hydrogen (secondary N) is 1. The van der Waals surface area contributed by atoms with Crippen molar-refractivity contribution in [1.82, 2.24) is 15.3 Å². The van der Waals surface area contributed by atoms with E-state index < -0.39 is 6.04 Å². The van der Waals surface area contributed by atoms with Crippen LogP contribution in [-0.2, 0) is 14.4 Å². The Kier molecular flexibility index (Phi) is 6.25. The molecule has 0 saturated carbocycles. The molecular weight excluding hydrogens is 334 g/mol. The number of hydroxylamine groups is 2. The molecule has 0 radical (unpaired) electrons. The standard InChI is InChI=1S/C19H25N3O4/c1-25-17-8-3-2-6-15(17)7-4-10-21-12-9-20-19(24)16(21)14-18(23)22-11-5-13-26-22/h2-4,6-8,16H,5,9-14H2,1H3,(H,20,24)/b7-4+/t16-/m0/s1. The van der Waals surface area contributed by atoms with Crippen LogP contribution in [0.1, 0.15) is 18.4 Å². The van der Waals surface area contributed by atoms with Crippen LogP contribution in [0.25, 0.3) is 6.08 Å². The zero-order chi connectivity index (χ0) is 18.4. The molecule has 2 heterocycles. The predicted molar refractivity (Wildman–Crippen MR) is 97.3 cm³/mol. The number of rotatable bonds is 6. The molecule has 0 unspecified atom stereocenters. The SMILES string of the molecule is COc1ccccc1/C=C/CN1CCNC(=O)[C@@H]1CC(=O)N1CCCO1. The van der Waals surface area contributed by atoms with E-state index in [0.29, 0.717) is 32.8 Å². The van der Waals surface area contributed by atoms with Crippen LogP contribution in [0.5, 0.6) is 5.75 Å². The van der Waals surface area contributed by atoms with Gasteiger partial charge in [-0.05, 0) is 12.5 Å². The summed E-state index contributed by atoms with van der Waals surface area (Å²) < 4.78 is 5.34. The first-order valence-electron chi connectivity index (χ1n) is 8.93. The van der Waals surface area contributed by atoms with Crippen molar-refractivity contribution in [1.29, 1.82) is 0 Å². The molecule has 7 nitrogen and oxygen atoms in total. The van der Waals surface area contributed by atoms with Crippen LogP contribution in [-0.4, -0.2) is 67.7 Å². The van der Waals surface area contributed by atoms with Crippen molar-refractivity contribution in [3.05, 3.63) is 35.9 Å². The molecule has 1 N–H and O–H groups in total. The normalized spacial score (nSPS) is 21.2. The smallest absolute Gasteiger partial charge is 0.248 e. The number of piperazine rings is 1. The van der Waals surface area contributed by atoms with Crippen LogP contribution in [0.4, 0.5) is 0 Å². The van der Waals surface area contributed by atoms with Gasteiger partial charge >= 0.3 is 0 Å². The number of nitrogens with zero attached hydrogens (tertiary/aromatic N) is 2. The van der Waals surface area contributed by atoms with Gasteiger partial charge in [-0.25, -0.2) is 5.06 Å². The van der Waals surface area contributed by atoms with Gasteiger partial charge in [-0.2, -0.15) is 0 Å². The van der Waals surface area contributed by atoms with Crippen molar-refractivity contribution in [3.8, 4) is 5.75 Å². The molecule has 0 aromatic heterocycles. The van der Waals surface area contributed by atoms with Gasteiger partial charge in [0.05, 0.1) is 32.7 Å². The highest BCUT2D eigenvalue weighted by Crippen LogP contribution is 2.19. The lowest BCUT2D eigenvalue weighted by molar-refractivity contribution is -0.171. The number of hydrogen-bond acceptors (Lipinski definition) is 5. The van der Waals surface area contributed by atoms with E-state index in [0.717, 1.165) is 17.7 Å². The second-order valence-corrected chi connectivity index (χ2v) is 6.33. The van der Waals surface area contributed by atoms with Crippen LogP contribution in [0.2, 0.25) is 0 Å². The lowest BCUT2D eigenvalue weighted by atomic mass is 10.1. The number of hydrogen-bond donors (Lipinski definition) is 1. The van der Waals surface area contributed by atoms with Crippen molar-refractivity contribution in [2.75, 3.05) is 39.9 Å².